The fourth-order valence-electron chi connectivity index (χ4n) is 2.07. The number of halogens is 3. The summed E-state index contributed by atoms with van der Waals surface area (Å²) in [5, 5.41) is 0. The molecule has 3 nitrogen and oxygen atoms in total. The van der Waals surface area contributed by atoms with Crippen molar-refractivity contribution in [3.8, 4) is 11.4 Å². The average molecular weight is 297 g/mol. The highest BCUT2D eigenvalue weighted by Gasteiger charge is 2.35. The fourth-order valence-corrected chi connectivity index (χ4v) is 2.07. The molecule has 0 fully saturated rings. The standard InChI is InChI=1S/C15H18F3N3/c1-9(2)21-8-13(15(16,17)18)20-14(21)12-6-4-11(5-7-12)10(3)19/h4-10H,19H2,1-3H3/t10-/m1/s1. The second-order valence-corrected chi connectivity index (χ2v) is 5.36. The van der Waals surface area contributed by atoms with Crippen LogP contribution in [0.5, 0.6) is 0 Å². The van der Waals surface area contributed by atoms with Gasteiger partial charge in [0.1, 0.15) is 5.82 Å². The van der Waals surface area contributed by atoms with Gasteiger partial charge in [-0.1, -0.05) is 24.3 Å². The summed E-state index contributed by atoms with van der Waals surface area (Å²) in [5.74, 6) is 0.313. The number of benzene rings is 1. The Hall–Kier alpha value is -1.82. The molecule has 2 N–H and O–H groups in total. The predicted octanol–water partition coefficient (Wildman–Crippen LogP) is 4.17. The van der Waals surface area contributed by atoms with Crippen LogP contribution in [0.15, 0.2) is 30.5 Å². The molecular weight excluding hydrogens is 279 g/mol. The van der Waals surface area contributed by atoms with Crippen molar-refractivity contribution in [3.05, 3.63) is 41.7 Å². The van der Waals surface area contributed by atoms with E-state index in [-0.39, 0.29) is 12.1 Å². The van der Waals surface area contributed by atoms with Crippen LogP contribution in [-0.4, -0.2) is 9.55 Å². The summed E-state index contributed by atoms with van der Waals surface area (Å²) in [6.45, 7) is 5.50. The first-order chi connectivity index (χ1) is 9.70. The summed E-state index contributed by atoms with van der Waals surface area (Å²) in [4.78, 5) is 3.75. The molecule has 0 bridgehead atoms. The Morgan fingerprint density at radius 3 is 2.10 bits per heavy atom. The van der Waals surface area contributed by atoms with E-state index in [1.807, 2.05) is 32.9 Å². The van der Waals surface area contributed by atoms with E-state index in [4.69, 9.17) is 5.73 Å². The minimum absolute atomic E-state index is 0.114. The smallest absolute Gasteiger partial charge is 0.328 e. The summed E-state index contributed by atoms with van der Waals surface area (Å²) in [6.07, 6.45) is -3.39. The molecule has 1 aromatic carbocycles. The van der Waals surface area contributed by atoms with Crippen LogP contribution in [0.25, 0.3) is 11.4 Å². The molecule has 0 saturated heterocycles. The Labute approximate surface area is 121 Å². The number of imidazole rings is 1. The molecule has 21 heavy (non-hydrogen) atoms. The first-order valence-corrected chi connectivity index (χ1v) is 6.72. The highest BCUT2D eigenvalue weighted by Crippen LogP contribution is 2.32. The van der Waals surface area contributed by atoms with E-state index in [2.05, 4.69) is 4.98 Å². The van der Waals surface area contributed by atoms with Gasteiger partial charge in [0.05, 0.1) is 0 Å². The lowest BCUT2D eigenvalue weighted by Gasteiger charge is -2.12. The maximum absolute atomic E-state index is 12.8. The summed E-state index contributed by atoms with van der Waals surface area (Å²) >= 11 is 0. The van der Waals surface area contributed by atoms with Crippen LogP contribution in [0.4, 0.5) is 13.2 Å². The Morgan fingerprint density at radius 1 is 1.10 bits per heavy atom. The molecule has 2 aromatic rings. The highest BCUT2D eigenvalue weighted by atomic mass is 19.4. The number of rotatable bonds is 3. The van der Waals surface area contributed by atoms with Crippen molar-refractivity contribution >= 4 is 0 Å². The SMILES string of the molecule is CC(C)n1cc(C(F)(F)F)nc1-c1ccc([C@@H](C)N)cc1. The fraction of sp³-hybridized carbons (Fsp3) is 0.400. The van der Waals surface area contributed by atoms with Crippen LogP contribution >= 0.6 is 0 Å². The van der Waals surface area contributed by atoms with E-state index in [0.717, 1.165) is 11.8 Å². The van der Waals surface area contributed by atoms with Crippen LogP contribution in [0.2, 0.25) is 0 Å². The lowest BCUT2D eigenvalue weighted by atomic mass is 10.1. The maximum atomic E-state index is 12.8. The summed E-state index contributed by atoms with van der Waals surface area (Å²) in [5.41, 5.74) is 6.47. The van der Waals surface area contributed by atoms with Gasteiger partial charge in [-0.2, -0.15) is 13.2 Å². The molecule has 0 aliphatic heterocycles. The van der Waals surface area contributed by atoms with Gasteiger partial charge in [-0.15, -0.1) is 0 Å². The molecular formula is C15H18F3N3. The van der Waals surface area contributed by atoms with Gasteiger partial charge in [-0.05, 0) is 26.3 Å². The molecule has 114 valence electrons. The van der Waals surface area contributed by atoms with Crippen molar-refractivity contribution in [3.63, 3.8) is 0 Å². The molecule has 0 aliphatic carbocycles. The molecule has 0 saturated carbocycles. The molecule has 0 unspecified atom stereocenters. The number of hydrogen-bond donors (Lipinski definition) is 1. The van der Waals surface area contributed by atoms with Crippen molar-refractivity contribution in [2.75, 3.05) is 0 Å². The van der Waals surface area contributed by atoms with Crippen molar-refractivity contribution in [1.29, 1.82) is 0 Å². The monoisotopic (exact) mass is 297 g/mol. The first-order valence-electron chi connectivity index (χ1n) is 6.72. The summed E-state index contributed by atoms with van der Waals surface area (Å²) in [7, 11) is 0. The number of nitrogens with two attached hydrogens (primary N) is 1. The largest absolute Gasteiger partial charge is 0.434 e. The second kappa shape index (κ2) is 5.52. The lowest BCUT2D eigenvalue weighted by Crippen LogP contribution is -2.05. The van der Waals surface area contributed by atoms with Crippen molar-refractivity contribution < 1.29 is 13.2 Å². The second-order valence-electron chi connectivity index (χ2n) is 5.36. The Morgan fingerprint density at radius 2 is 1.67 bits per heavy atom. The normalized spacial score (nSPS) is 13.7. The Kier molecular flexibility index (Phi) is 4.09. The van der Waals surface area contributed by atoms with Gasteiger partial charge >= 0.3 is 6.18 Å². The Balaban J connectivity index is 2.49. The molecule has 0 spiro atoms. The van der Waals surface area contributed by atoms with E-state index in [1.165, 1.54) is 4.57 Å². The molecule has 6 heteroatoms. The van der Waals surface area contributed by atoms with Crippen LogP contribution < -0.4 is 5.73 Å². The third-order valence-corrected chi connectivity index (χ3v) is 3.27. The zero-order valence-corrected chi connectivity index (χ0v) is 12.1. The van der Waals surface area contributed by atoms with E-state index in [9.17, 15) is 13.2 Å². The molecule has 0 aliphatic rings. The van der Waals surface area contributed by atoms with Crippen molar-refractivity contribution in [1.82, 2.24) is 9.55 Å². The third kappa shape index (κ3) is 3.26. The van der Waals surface area contributed by atoms with Gasteiger partial charge in [0.2, 0.25) is 0 Å². The van der Waals surface area contributed by atoms with Gasteiger partial charge in [0.25, 0.3) is 0 Å². The molecule has 1 atom stereocenters. The highest BCUT2D eigenvalue weighted by molar-refractivity contribution is 5.57. The number of alkyl halides is 3. The minimum Gasteiger partial charge on any atom is -0.328 e. The van der Waals surface area contributed by atoms with E-state index < -0.39 is 11.9 Å². The predicted molar refractivity (Wildman–Crippen MR) is 75.7 cm³/mol. The molecule has 1 heterocycles. The Bertz CT molecular complexity index is 610. The van der Waals surface area contributed by atoms with Gasteiger partial charge in [0.15, 0.2) is 5.69 Å². The number of nitrogens with zero attached hydrogens (tertiary/aromatic N) is 2. The van der Waals surface area contributed by atoms with Gasteiger partial charge < -0.3 is 10.3 Å². The van der Waals surface area contributed by atoms with Gasteiger partial charge in [0, 0.05) is 23.8 Å². The van der Waals surface area contributed by atoms with Crippen LogP contribution in [0.3, 0.4) is 0 Å². The maximum Gasteiger partial charge on any atom is 0.434 e. The quantitative estimate of drug-likeness (QED) is 0.924. The van der Waals surface area contributed by atoms with Crippen molar-refractivity contribution in [2.24, 2.45) is 5.73 Å². The van der Waals surface area contributed by atoms with E-state index >= 15 is 0 Å². The summed E-state index contributed by atoms with van der Waals surface area (Å²) < 4.78 is 40.0. The van der Waals surface area contributed by atoms with Crippen LogP contribution in [-0.2, 0) is 6.18 Å². The van der Waals surface area contributed by atoms with E-state index in [0.29, 0.717) is 11.4 Å². The minimum atomic E-state index is -4.44. The van der Waals surface area contributed by atoms with E-state index in [1.54, 1.807) is 12.1 Å². The number of hydrogen-bond acceptors (Lipinski definition) is 2. The van der Waals surface area contributed by atoms with Crippen LogP contribution in [0.1, 0.15) is 44.1 Å². The average Bonchev–Trinajstić information content (AvgIpc) is 2.83. The first kappa shape index (κ1) is 15.6. The number of aromatic nitrogens is 2. The summed E-state index contributed by atoms with van der Waals surface area (Å²) in [6, 6.07) is 6.89. The van der Waals surface area contributed by atoms with Crippen molar-refractivity contribution in [2.45, 2.75) is 39.0 Å². The zero-order chi connectivity index (χ0) is 15.8. The molecule has 1 aromatic heterocycles. The molecule has 0 radical (unpaired) electrons. The zero-order valence-electron chi connectivity index (χ0n) is 12.1. The topological polar surface area (TPSA) is 43.8 Å². The van der Waals surface area contributed by atoms with Crippen LogP contribution in [0, 0.1) is 0 Å². The molecule has 0 amide bonds. The third-order valence-electron chi connectivity index (χ3n) is 3.27. The molecule has 2 rings (SSSR count). The van der Waals surface area contributed by atoms with Gasteiger partial charge in [-0.25, -0.2) is 4.98 Å². The van der Waals surface area contributed by atoms with Gasteiger partial charge in [-0.3, -0.25) is 0 Å². The lowest BCUT2D eigenvalue weighted by molar-refractivity contribution is -0.140.